The van der Waals surface area contributed by atoms with E-state index in [1.807, 2.05) is 50.2 Å². The Morgan fingerprint density at radius 2 is 1.95 bits per heavy atom. The van der Waals surface area contributed by atoms with Crippen molar-refractivity contribution in [3.05, 3.63) is 59.7 Å². The van der Waals surface area contributed by atoms with Crippen molar-refractivity contribution in [2.75, 3.05) is 12.3 Å². The number of hydrogen-bond donors (Lipinski definition) is 2. The molecule has 2 aromatic rings. The van der Waals surface area contributed by atoms with Crippen molar-refractivity contribution < 1.29 is 9.53 Å². The Morgan fingerprint density at radius 3 is 2.64 bits per heavy atom. The van der Waals surface area contributed by atoms with Crippen LogP contribution in [0.2, 0.25) is 0 Å². The molecule has 4 heteroatoms. The third-order valence-corrected chi connectivity index (χ3v) is 3.26. The summed E-state index contributed by atoms with van der Waals surface area (Å²) in [7, 11) is 0. The fourth-order valence-corrected chi connectivity index (χ4v) is 2.10. The van der Waals surface area contributed by atoms with Crippen LogP contribution in [-0.2, 0) is 11.2 Å². The molecule has 2 rings (SSSR count). The first kappa shape index (κ1) is 15.9. The average Bonchev–Trinajstić information content (AvgIpc) is 2.48. The molecule has 1 unspecified atom stereocenters. The molecule has 1 atom stereocenters. The number of ether oxygens (including phenoxy) is 1. The molecule has 0 aliphatic carbocycles. The van der Waals surface area contributed by atoms with E-state index in [-0.39, 0.29) is 12.0 Å². The Morgan fingerprint density at radius 1 is 1.23 bits per heavy atom. The molecule has 0 spiro atoms. The summed E-state index contributed by atoms with van der Waals surface area (Å²) in [4.78, 5) is 11.9. The maximum absolute atomic E-state index is 11.9. The van der Waals surface area contributed by atoms with Crippen molar-refractivity contribution in [2.24, 2.45) is 0 Å². The number of amides is 1. The van der Waals surface area contributed by atoms with Crippen LogP contribution < -0.4 is 15.8 Å². The molecule has 0 saturated heterocycles. The van der Waals surface area contributed by atoms with Gasteiger partial charge < -0.3 is 15.8 Å². The van der Waals surface area contributed by atoms with Gasteiger partial charge in [0.25, 0.3) is 0 Å². The van der Waals surface area contributed by atoms with Gasteiger partial charge in [0.1, 0.15) is 11.9 Å². The summed E-state index contributed by atoms with van der Waals surface area (Å²) in [6, 6.07) is 15.2. The number of carbonyl (C=O) groups excluding carboxylic acids is 1. The zero-order chi connectivity index (χ0) is 15.9. The van der Waals surface area contributed by atoms with Gasteiger partial charge in [0.15, 0.2) is 0 Å². The number of nitrogen functional groups attached to an aromatic ring is 1. The van der Waals surface area contributed by atoms with Crippen LogP contribution in [0, 0.1) is 6.92 Å². The number of aryl methyl sites for hydroxylation is 1. The number of hydrogen-bond acceptors (Lipinski definition) is 3. The topological polar surface area (TPSA) is 64.3 Å². The van der Waals surface area contributed by atoms with Gasteiger partial charge in [-0.1, -0.05) is 24.3 Å². The van der Waals surface area contributed by atoms with Gasteiger partial charge in [0, 0.05) is 5.69 Å². The quantitative estimate of drug-likeness (QED) is 0.806. The molecular weight excluding hydrogens is 276 g/mol. The molecule has 3 N–H and O–H groups in total. The largest absolute Gasteiger partial charge is 0.489 e. The summed E-state index contributed by atoms with van der Waals surface area (Å²) < 4.78 is 5.78. The van der Waals surface area contributed by atoms with Crippen molar-refractivity contribution in [2.45, 2.75) is 26.4 Å². The first-order valence-electron chi connectivity index (χ1n) is 7.37. The maximum atomic E-state index is 11.9. The molecule has 0 heterocycles. The Bertz CT molecular complexity index is 623. The Balaban J connectivity index is 1.77. The summed E-state index contributed by atoms with van der Waals surface area (Å²) in [6.07, 6.45) is 0.259. The lowest BCUT2D eigenvalue weighted by Crippen LogP contribution is -2.34. The molecule has 22 heavy (non-hydrogen) atoms. The van der Waals surface area contributed by atoms with E-state index in [1.165, 1.54) is 0 Å². The summed E-state index contributed by atoms with van der Waals surface area (Å²) in [5.74, 6) is 0.796. The van der Waals surface area contributed by atoms with Crippen molar-refractivity contribution in [3.8, 4) is 5.75 Å². The van der Waals surface area contributed by atoms with Crippen LogP contribution in [0.5, 0.6) is 5.75 Å². The molecule has 116 valence electrons. The lowest BCUT2D eigenvalue weighted by Gasteiger charge is -2.16. The molecular formula is C18H22N2O2. The lowest BCUT2D eigenvalue weighted by atomic mass is 10.1. The van der Waals surface area contributed by atoms with Gasteiger partial charge >= 0.3 is 0 Å². The molecule has 1 amide bonds. The third-order valence-electron chi connectivity index (χ3n) is 3.26. The van der Waals surface area contributed by atoms with E-state index in [2.05, 4.69) is 5.32 Å². The number of nitrogens with two attached hydrogens (primary N) is 1. The number of rotatable bonds is 6. The molecule has 0 radical (unpaired) electrons. The normalized spacial score (nSPS) is 11.7. The van der Waals surface area contributed by atoms with Gasteiger partial charge in [0.2, 0.25) is 5.91 Å². The summed E-state index contributed by atoms with van der Waals surface area (Å²) in [6.45, 7) is 4.43. The number of benzene rings is 2. The van der Waals surface area contributed by atoms with Crippen molar-refractivity contribution in [1.29, 1.82) is 0 Å². The van der Waals surface area contributed by atoms with Gasteiger partial charge in [-0.05, 0) is 49.2 Å². The van der Waals surface area contributed by atoms with Crippen LogP contribution in [-0.4, -0.2) is 18.6 Å². The molecule has 0 aliphatic rings. The van der Waals surface area contributed by atoms with E-state index >= 15 is 0 Å². The highest BCUT2D eigenvalue weighted by Gasteiger charge is 2.08. The zero-order valence-electron chi connectivity index (χ0n) is 13.0. The van der Waals surface area contributed by atoms with Crippen LogP contribution in [0.4, 0.5) is 5.69 Å². The van der Waals surface area contributed by atoms with E-state index < -0.39 is 0 Å². The van der Waals surface area contributed by atoms with E-state index in [4.69, 9.17) is 10.5 Å². The highest BCUT2D eigenvalue weighted by atomic mass is 16.5. The molecule has 0 fully saturated rings. The fraction of sp³-hybridized carbons (Fsp3) is 0.278. The van der Waals surface area contributed by atoms with Gasteiger partial charge in [-0.15, -0.1) is 0 Å². The average molecular weight is 298 g/mol. The summed E-state index contributed by atoms with van der Waals surface area (Å²) >= 11 is 0. The molecule has 2 aromatic carbocycles. The lowest BCUT2D eigenvalue weighted by molar-refractivity contribution is -0.120. The van der Waals surface area contributed by atoms with Crippen LogP contribution in [0.15, 0.2) is 48.5 Å². The SMILES string of the molecule is Cc1cccc(OC(C)CNC(=O)Cc2ccc(N)cc2)c1. The second-order valence-electron chi connectivity index (χ2n) is 5.47. The standard InChI is InChI=1S/C18H22N2O2/c1-13-4-3-5-17(10-13)22-14(2)12-20-18(21)11-15-6-8-16(19)9-7-15/h3-10,14H,11-12,19H2,1-2H3,(H,20,21). The molecule has 0 aromatic heterocycles. The minimum absolute atomic E-state index is 0.0236. The fourth-order valence-electron chi connectivity index (χ4n) is 2.10. The minimum atomic E-state index is -0.0860. The van der Waals surface area contributed by atoms with Crippen LogP contribution >= 0.6 is 0 Å². The Kier molecular flexibility index (Phi) is 5.42. The minimum Gasteiger partial charge on any atom is -0.489 e. The predicted octanol–water partition coefficient (Wildman–Crippen LogP) is 2.70. The van der Waals surface area contributed by atoms with Crippen LogP contribution in [0.1, 0.15) is 18.1 Å². The van der Waals surface area contributed by atoms with Gasteiger partial charge in [-0.3, -0.25) is 4.79 Å². The monoisotopic (exact) mass is 298 g/mol. The third kappa shape index (κ3) is 5.13. The van der Waals surface area contributed by atoms with E-state index in [0.717, 1.165) is 16.9 Å². The predicted molar refractivity (Wildman–Crippen MR) is 88.8 cm³/mol. The maximum Gasteiger partial charge on any atom is 0.224 e. The first-order chi connectivity index (χ1) is 10.5. The smallest absolute Gasteiger partial charge is 0.224 e. The Labute approximate surface area is 131 Å². The van der Waals surface area contributed by atoms with Gasteiger partial charge in [-0.2, -0.15) is 0 Å². The highest BCUT2D eigenvalue weighted by molar-refractivity contribution is 5.78. The highest BCUT2D eigenvalue weighted by Crippen LogP contribution is 2.14. The second-order valence-corrected chi connectivity index (χ2v) is 5.47. The molecule has 0 bridgehead atoms. The molecule has 4 nitrogen and oxygen atoms in total. The molecule has 0 saturated carbocycles. The first-order valence-corrected chi connectivity index (χ1v) is 7.37. The van der Waals surface area contributed by atoms with E-state index in [1.54, 1.807) is 12.1 Å². The van der Waals surface area contributed by atoms with Crippen LogP contribution in [0.3, 0.4) is 0 Å². The van der Waals surface area contributed by atoms with Crippen molar-refractivity contribution >= 4 is 11.6 Å². The number of nitrogens with one attached hydrogen (secondary N) is 1. The Hall–Kier alpha value is -2.49. The van der Waals surface area contributed by atoms with Crippen molar-refractivity contribution in [3.63, 3.8) is 0 Å². The van der Waals surface area contributed by atoms with Crippen molar-refractivity contribution in [1.82, 2.24) is 5.32 Å². The second kappa shape index (κ2) is 7.50. The summed E-state index contributed by atoms with van der Waals surface area (Å²) in [5, 5.41) is 2.89. The van der Waals surface area contributed by atoms with Gasteiger partial charge in [0.05, 0.1) is 13.0 Å². The zero-order valence-corrected chi connectivity index (χ0v) is 13.0. The number of anilines is 1. The van der Waals surface area contributed by atoms with Crippen LogP contribution in [0.25, 0.3) is 0 Å². The summed E-state index contributed by atoms with van der Waals surface area (Å²) in [5.41, 5.74) is 8.41. The van der Waals surface area contributed by atoms with E-state index in [9.17, 15) is 4.79 Å². The van der Waals surface area contributed by atoms with E-state index in [0.29, 0.717) is 18.7 Å². The molecule has 0 aliphatic heterocycles. The number of carbonyl (C=O) groups is 1. The van der Waals surface area contributed by atoms with Gasteiger partial charge in [-0.25, -0.2) is 0 Å².